The second-order valence-corrected chi connectivity index (χ2v) is 4.72. The van der Waals surface area contributed by atoms with E-state index in [4.69, 9.17) is 5.73 Å². The second-order valence-electron chi connectivity index (χ2n) is 4.72. The Hall–Kier alpha value is -1.06. The van der Waals surface area contributed by atoms with E-state index in [9.17, 15) is 4.79 Å². The highest BCUT2D eigenvalue weighted by Crippen LogP contribution is 2.29. The molecule has 3 unspecified atom stereocenters. The molecule has 1 aliphatic rings. The van der Waals surface area contributed by atoms with E-state index >= 15 is 0 Å². The van der Waals surface area contributed by atoms with Gasteiger partial charge in [-0.1, -0.05) is 36.8 Å². The number of nitrogens with one attached hydrogen (secondary N) is 1. The summed E-state index contributed by atoms with van der Waals surface area (Å²) >= 11 is 0. The van der Waals surface area contributed by atoms with Gasteiger partial charge in [0.2, 0.25) is 5.91 Å². The maximum Gasteiger partial charge on any atom is 0.241 e. The first kappa shape index (κ1) is 14.0. The smallest absolute Gasteiger partial charge is 0.241 e. The first-order chi connectivity index (χ1) is 7.58. The molecule has 2 rings (SSSR count). The number of hydrogen-bond acceptors (Lipinski definition) is 2. The van der Waals surface area contributed by atoms with E-state index < -0.39 is 6.04 Å². The van der Waals surface area contributed by atoms with Crippen molar-refractivity contribution in [2.45, 2.75) is 32.4 Å². The van der Waals surface area contributed by atoms with E-state index in [0.29, 0.717) is 12.0 Å². The first-order valence-corrected chi connectivity index (χ1v) is 5.70. The van der Waals surface area contributed by atoms with Gasteiger partial charge in [0.15, 0.2) is 0 Å². The number of benzene rings is 1. The summed E-state index contributed by atoms with van der Waals surface area (Å²) in [6.07, 6.45) is 1.08. The van der Waals surface area contributed by atoms with Gasteiger partial charge in [-0.2, -0.15) is 0 Å². The summed E-state index contributed by atoms with van der Waals surface area (Å²) < 4.78 is 0. The van der Waals surface area contributed by atoms with Crippen molar-refractivity contribution in [3.63, 3.8) is 0 Å². The van der Waals surface area contributed by atoms with Crippen molar-refractivity contribution in [1.29, 1.82) is 0 Å². The Kier molecular flexibility index (Phi) is 4.54. The quantitative estimate of drug-likeness (QED) is 0.866. The van der Waals surface area contributed by atoms with Crippen LogP contribution in [0.4, 0.5) is 0 Å². The van der Waals surface area contributed by atoms with E-state index in [2.05, 4.69) is 12.2 Å². The second kappa shape index (κ2) is 5.52. The van der Waals surface area contributed by atoms with Crippen LogP contribution in [0.25, 0.3) is 0 Å². The van der Waals surface area contributed by atoms with E-state index in [1.165, 1.54) is 5.56 Å². The number of hydrogen-bond donors (Lipinski definition) is 2. The molecule has 1 aromatic carbocycles. The van der Waals surface area contributed by atoms with Crippen LogP contribution < -0.4 is 11.1 Å². The molecule has 3 nitrogen and oxygen atoms in total. The highest BCUT2D eigenvalue weighted by Gasteiger charge is 2.34. The molecule has 0 bridgehead atoms. The number of aryl methyl sites for hydroxylation is 1. The van der Waals surface area contributed by atoms with Crippen molar-refractivity contribution < 1.29 is 4.79 Å². The fourth-order valence-electron chi connectivity index (χ4n) is 1.72. The van der Waals surface area contributed by atoms with Crippen LogP contribution >= 0.6 is 12.4 Å². The molecule has 1 aliphatic carbocycles. The lowest BCUT2D eigenvalue weighted by Crippen LogP contribution is -2.35. The van der Waals surface area contributed by atoms with E-state index in [0.717, 1.165) is 12.0 Å². The fourth-order valence-corrected chi connectivity index (χ4v) is 1.72. The van der Waals surface area contributed by atoms with Gasteiger partial charge in [0.05, 0.1) is 0 Å². The van der Waals surface area contributed by atoms with E-state index in [-0.39, 0.29) is 18.3 Å². The highest BCUT2D eigenvalue weighted by molar-refractivity contribution is 5.85. The minimum absolute atomic E-state index is 0. The standard InChI is InChI=1S/C13H18N2O.ClH/c1-8-3-5-10(6-4-8)12(14)13(16)15-11-7-9(11)2;/h3-6,9,11-12H,7,14H2,1-2H3,(H,15,16);1H. The van der Waals surface area contributed by atoms with Crippen molar-refractivity contribution in [2.24, 2.45) is 11.7 Å². The largest absolute Gasteiger partial charge is 0.351 e. The Morgan fingerprint density at radius 3 is 2.41 bits per heavy atom. The Morgan fingerprint density at radius 1 is 1.41 bits per heavy atom. The van der Waals surface area contributed by atoms with Gasteiger partial charge < -0.3 is 11.1 Å². The lowest BCUT2D eigenvalue weighted by Gasteiger charge is -2.12. The summed E-state index contributed by atoms with van der Waals surface area (Å²) in [5, 5.41) is 2.95. The maximum absolute atomic E-state index is 11.8. The third kappa shape index (κ3) is 3.45. The summed E-state index contributed by atoms with van der Waals surface area (Å²) in [6.45, 7) is 4.14. The molecule has 4 heteroatoms. The third-order valence-corrected chi connectivity index (χ3v) is 3.16. The summed E-state index contributed by atoms with van der Waals surface area (Å²) in [5.41, 5.74) is 7.94. The molecule has 1 amide bonds. The Morgan fingerprint density at radius 2 is 1.94 bits per heavy atom. The predicted octanol–water partition coefficient (Wildman–Crippen LogP) is 1.94. The zero-order chi connectivity index (χ0) is 11.7. The van der Waals surface area contributed by atoms with Crippen LogP contribution in [0.5, 0.6) is 0 Å². The Labute approximate surface area is 108 Å². The number of nitrogens with two attached hydrogens (primary N) is 1. The number of carbonyl (C=O) groups excluding carboxylic acids is 1. The SMILES string of the molecule is Cc1ccc(C(N)C(=O)NC2CC2C)cc1.Cl. The number of amides is 1. The van der Waals surface area contributed by atoms with Crippen LogP contribution in [-0.4, -0.2) is 11.9 Å². The van der Waals surface area contributed by atoms with Gasteiger partial charge in [-0.25, -0.2) is 0 Å². The number of carbonyl (C=O) groups is 1. The Bertz CT molecular complexity index is 391. The zero-order valence-electron chi connectivity index (χ0n) is 10.1. The van der Waals surface area contributed by atoms with Gasteiger partial charge >= 0.3 is 0 Å². The van der Waals surface area contributed by atoms with Crippen molar-refractivity contribution in [3.05, 3.63) is 35.4 Å². The van der Waals surface area contributed by atoms with Crippen molar-refractivity contribution in [3.8, 4) is 0 Å². The van der Waals surface area contributed by atoms with Gasteiger partial charge in [-0.05, 0) is 24.8 Å². The highest BCUT2D eigenvalue weighted by atomic mass is 35.5. The molecular formula is C13H19ClN2O. The Balaban J connectivity index is 0.00000144. The molecule has 94 valence electrons. The zero-order valence-corrected chi connectivity index (χ0v) is 11.0. The fraction of sp³-hybridized carbons (Fsp3) is 0.462. The van der Waals surface area contributed by atoms with Gasteiger partial charge in [-0.15, -0.1) is 12.4 Å². The molecular weight excluding hydrogens is 236 g/mol. The normalized spacial score (nSPS) is 23.5. The summed E-state index contributed by atoms with van der Waals surface area (Å²) in [5.74, 6) is 0.535. The molecule has 0 saturated heterocycles. The predicted molar refractivity (Wildman–Crippen MR) is 71.1 cm³/mol. The molecule has 1 saturated carbocycles. The van der Waals surface area contributed by atoms with Crippen LogP contribution in [0, 0.1) is 12.8 Å². The van der Waals surface area contributed by atoms with Gasteiger partial charge in [0.1, 0.15) is 6.04 Å². The lowest BCUT2D eigenvalue weighted by atomic mass is 10.1. The molecule has 0 aromatic heterocycles. The van der Waals surface area contributed by atoms with Crippen molar-refractivity contribution >= 4 is 18.3 Å². The van der Waals surface area contributed by atoms with E-state index in [1.807, 2.05) is 31.2 Å². The first-order valence-electron chi connectivity index (χ1n) is 5.70. The molecule has 1 aromatic rings. The molecule has 0 aliphatic heterocycles. The van der Waals surface area contributed by atoms with E-state index in [1.54, 1.807) is 0 Å². The summed E-state index contributed by atoms with van der Waals surface area (Å²) in [6, 6.07) is 7.56. The molecule has 1 fully saturated rings. The van der Waals surface area contributed by atoms with Gasteiger partial charge in [0.25, 0.3) is 0 Å². The average Bonchev–Trinajstić information content (AvgIpc) is 2.94. The monoisotopic (exact) mass is 254 g/mol. The van der Waals surface area contributed by atoms with Crippen molar-refractivity contribution in [1.82, 2.24) is 5.32 Å². The summed E-state index contributed by atoms with van der Waals surface area (Å²) in [4.78, 5) is 11.8. The molecule has 3 atom stereocenters. The van der Waals surface area contributed by atoms with Crippen LogP contribution in [0.2, 0.25) is 0 Å². The molecule has 0 heterocycles. The minimum atomic E-state index is -0.548. The maximum atomic E-state index is 11.8. The number of rotatable bonds is 3. The van der Waals surface area contributed by atoms with Gasteiger partial charge in [-0.3, -0.25) is 4.79 Å². The topological polar surface area (TPSA) is 55.1 Å². The lowest BCUT2D eigenvalue weighted by molar-refractivity contribution is -0.122. The van der Waals surface area contributed by atoms with Crippen LogP contribution in [-0.2, 0) is 4.79 Å². The van der Waals surface area contributed by atoms with Crippen LogP contribution in [0.3, 0.4) is 0 Å². The van der Waals surface area contributed by atoms with Crippen LogP contribution in [0.1, 0.15) is 30.5 Å². The number of halogens is 1. The molecule has 3 N–H and O–H groups in total. The van der Waals surface area contributed by atoms with Crippen molar-refractivity contribution in [2.75, 3.05) is 0 Å². The molecule has 0 spiro atoms. The molecule has 0 radical (unpaired) electrons. The summed E-state index contributed by atoms with van der Waals surface area (Å²) in [7, 11) is 0. The van der Waals surface area contributed by atoms with Crippen LogP contribution in [0.15, 0.2) is 24.3 Å². The third-order valence-electron chi connectivity index (χ3n) is 3.16. The molecule has 17 heavy (non-hydrogen) atoms. The minimum Gasteiger partial charge on any atom is -0.351 e. The van der Waals surface area contributed by atoms with Gasteiger partial charge in [0, 0.05) is 6.04 Å². The average molecular weight is 255 g/mol.